The fourth-order valence-corrected chi connectivity index (χ4v) is 3.81. The van der Waals surface area contributed by atoms with Crippen molar-refractivity contribution in [1.29, 1.82) is 0 Å². The van der Waals surface area contributed by atoms with Gasteiger partial charge in [-0.25, -0.2) is 0 Å². The highest BCUT2D eigenvalue weighted by molar-refractivity contribution is 7.98. The normalized spacial score (nSPS) is 31.6. The third-order valence-corrected chi connectivity index (χ3v) is 4.70. The molecule has 2 saturated heterocycles. The number of hydrogen-bond donors (Lipinski definition) is 2. The Kier molecular flexibility index (Phi) is 6.82. The van der Waals surface area contributed by atoms with Gasteiger partial charge in [-0.15, -0.1) is 12.4 Å². The number of carbonyl (C=O) groups excluding carboxylic acids is 1. The summed E-state index contributed by atoms with van der Waals surface area (Å²) in [6.45, 7) is 2.08. The molecule has 0 radical (unpaired) electrons. The molecule has 3 nitrogen and oxygen atoms in total. The second-order valence-corrected chi connectivity index (χ2v) is 6.51. The molecule has 1 amide bonds. The van der Waals surface area contributed by atoms with E-state index in [0.717, 1.165) is 12.2 Å². The van der Waals surface area contributed by atoms with Crippen LogP contribution >= 0.6 is 24.2 Å². The Balaban J connectivity index is 0.00000162. The Morgan fingerprint density at radius 3 is 2.56 bits per heavy atom. The van der Waals surface area contributed by atoms with E-state index in [1.165, 1.54) is 25.7 Å². The Morgan fingerprint density at radius 2 is 2.00 bits per heavy atom. The molecule has 2 bridgehead atoms. The van der Waals surface area contributed by atoms with Crippen LogP contribution in [0.1, 0.15) is 39.0 Å². The van der Waals surface area contributed by atoms with Crippen molar-refractivity contribution in [2.75, 3.05) is 12.0 Å². The molecule has 3 unspecified atom stereocenters. The second kappa shape index (κ2) is 7.61. The molecule has 0 saturated carbocycles. The smallest absolute Gasteiger partial charge is 0.220 e. The summed E-state index contributed by atoms with van der Waals surface area (Å²) in [7, 11) is 0. The van der Waals surface area contributed by atoms with E-state index in [0.29, 0.717) is 24.0 Å². The fraction of sp³-hybridized carbons (Fsp3) is 0.923. The van der Waals surface area contributed by atoms with Crippen molar-refractivity contribution >= 4 is 30.1 Å². The Hall–Kier alpha value is 0.0700. The predicted molar refractivity (Wildman–Crippen MR) is 80.5 cm³/mol. The first-order valence-corrected chi connectivity index (χ1v) is 8.11. The van der Waals surface area contributed by atoms with Crippen LogP contribution in [0, 0.1) is 5.92 Å². The van der Waals surface area contributed by atoms with E-state index in [9.17, 15) is 4.79 Å². The average Bonchev–Trinajstić information content (AvgIpc) is 2.58. The molecule has 5 heteroatoms. The number of carbonyl (C=O) groups is 1. The SMILES string of the molecule is CSCC(C)NC(=O)CC1CC2CCC(C1)N2.Cl. The summed E-state index contributed by atoms with van der Waals surface area (Å²) in [6.07, 6.45) is 7.82. The van der Waals surface area contributed by atoms with Gasteiger partial charge >= 0.3 is 0 Å². The van der Waals surface area contributed by atoms with Crippen molar-refractivity contribution in [2.24, 2.45) is 5.92 Å². The van der Waals surface area contributed by atoms with Crippen molar-refractivity contribution in [3.05, 3.63) is 0 Å². The predicted octanol–water partition coefficient (Wildman–Crippen LogP) is 2.20. The summed E-state index contributed by atoms with van der Waals surface area (Å²) in [5.74, 6) is 1.86. The molecule has 0 aromatic rings. The van der Waals surface area contributed by atoms with E-state index in [2.05, 4.69) is 23.8 Å². The minimum absolute atomic E-state index is 0. The highest BCUT2D eigenvalue weighted by Gasteiger charge is 2.34. The zero-order valence-electron chi connectivity index (χ0n) is 11.3. The van der Waals surface area contributed by atoms with Gasteiger partial charge in [-0.3, -0.25) is 4.79 Å². The van der Waals surface area contributed by atoms with Gasteiger partial charge in [0.15, 0.2) is 0 Å². The number of amides is 1. The van der Waals surface area contributed by atoms with Gasteiger partial charge in [0, 0.05) is 30.3 Å². The van der Waals surface area contributed by atoms with Crippen LogP contribution in [-0.2, 0) is 4.79 Å². The lowest BCUT2D eigenvalue weighted by molar-refractivity contribution is -0.122. The molecule has 0 spiro atoms. The third kappa shape index (κ3) is 4.63. The molecule has 2 aliphatic heterocycles. The zero-order valence-corrected chi connectivity index (χ0v) is 12.9. The maximum absolute atomic E-state index is 11.9. The van der Waals surface area contributed by atoms with Gasteiger partial charge in [0.2, 0.25) is 5.91 Å². The fourth-order valence-electron chi connectivity index (χ4n) is 3.23. The number of hydrogen-bond acceptors (Lipinski definition) is 3. The lowest BCUT2D eigenvalue weighted by Gasteiger charge is -2.29. The van der Waals surface area contributed by atoms with Crippen LogP contribution in [-0.4, -0.2) is 36.0 Å². The largest absolute Gasteiger partial charge is 0.353 e. The molecule has 0 aromatic heterocycles. The molecular weight excluding hydrogens is 268 g/mol. The van der Waals surface area contributed by atoms with E-state index in [4.69, 9.17) is 0 Å². The standard InChI is InChI=1S/C13H24N2OS.ClH/c1-9(8-17-2)14-13(16)7-10-5-11-3-4-12(6-10)15-11;/h9-12,15H,3-8H2,1-2H3,(H,14,16);1H. The van der Waals surface area contributed by atoms with Crippen LogP contribution in [0.5, 0.6) is 0 Å². The number of thioether (sulfide) groups is 1. The molecule has 0 aromatic carbocycles. The van der Waals surface area contributed by atoms with Gasteiger partial charge in [0.1, 0.15) is 0 Å². The van der Waals surface area contributed by atoms with Crippen LogP contribution in [0.15, 0.2) is 0 Å². The molecule has 2 N–H and O–H groups in total. The second-order valence-electron chi connectivity index (χ2n) is 5.60. The highest BCUT2D eigenvalue weighted by Crippen LogP contribution is 2.32. The maximum atomic E-state index is 11.9. The Labute approximate surface area is 121 Å². The quantitative estimate of drug-likeness (QED) is 0.816. The molecule has 2 fully saturated rings. The summed E-state index contributed by atoms with van der Waals surface area (Å²) in [4.78, 5) is 11.9. The molecule has 18 heavy (non-hydrogen) atoms. The minimum atomic E-state index is 0. The van der Waals surface area contributed by atoms with E-state index >= 15 is 0 Å². The Morgan fingerprint density at radius 1 is 1.39 bits per heavy atom. The van der Waals surface area contributed by atoms with Gasteiger partial charge in [-0.1, -0.05) is 0 Å². The van der Waals surface area contributed by atoms with Crippen molar-refractivity contribution in [1.82, 2.24) is 10.6 Å². The maximum Gasteiger partial charge on any atom is 0.220 e. The van der Waals surface area contributed by atoms with Crippen LogP contribution in [0.2, 0.25) is 0 Å². The summed E-state index contributed by atoms with van der Waals surface area (Å²) < 4.78 is 0. The van der Waals surface area contributed by atoms with Gasteiger partial charge in [-0.2, -0.15) is 11.8 Å². The summed E-state index contributed by atoms with van der Waals surface area (Å²) in [6, 6.07) is 1.68. The van der Waals surface area contributed by atoms with E-state index in [1.54, 1.807) is 11.8 Å². The van der Waals surface area contributed by atoms with Crippen LogP contribution in [0.3, 0.4) is 0 Å². The van der Waals surface area contributed by atoms with E-state index in [1.807, 2.05) is 0 Å². The van der Waals surface area contributed by atoms with Gasteiger partial charge in [-0.05, 0) is 44.8 Å². The molecular formula is C13H25ClN2OS. The van der Waals surface area contributed by atoms with E-state index in [-0.39, 0.29) is 18.3 Å². The first kappa shape index (κ1) is 16.1. The zero-order chi connectivity index (χ0) is 12.3. The summed E-state index contributed by atoms with van der Waals surface area (Å²) in [5, 5.41) is 6.72. The lowest BCUT2D eigenvalue weighted by Crippen LogP contribution is -2.41. The van der Waals surface area contributed by atoms with Crippen molar-refractivity contribution < 1.29 is 4.79 Å². The molecule has 3 atom stereocenters. The summed E-state index contributed by atoms with van der Waals surface area (Å²) in [5.41, 5.74) is 0. The van der Waals surface area contributed by atoms with Crippen molar-refractivity contribution in [2.45, 2.75) is 57.2 Å². The van der Waals surface area contributed by atoms with E-state index < -0.39 is 0 Å². The molecule has 2 aliphatic rings. The van der Waals surface area contributed by atoms with Gasteiger partial charge in [0.25, 0.3) is 0 Å². The van der Waals surface area contributed by atoms with Crippen molar-refractivity contribution in [3.8, 4) is 0 Å². The molecule has 2 heterocycles. The summed E-state index contributed by atoms with van der Waals surface area (Å²) >= 11 is 1.78. The number of halogens is 1. The van der Waals surface area contributed by atoms with Crippen LogP contribution in [0.4, 0.5) is 0 Å². The first-order valence-electron chi connectivity index (χ1n) is 6.71. The minimum Gasteiger partial charge on any atom is -0.353 e. The monoisotopic (exact) mass is 292 g/mol. The van der Waals surface area contributed by atoms with Crippen LogP contribution in [0.25, 0.3) is 0 Å². The third-order valence-electron chi connectivity index (χ3n) is 3.87. The number of rotatable bonds is 5. The van der Waals surface area contributed by atoms with Crippen LogP contribution < -0.4 is 10.6 Å². The average molecular weight is 293 g/mol. The topological polar surface area (TPSA) is 41.1 Å². The van der Waals surface area contributed by atoms with Gasteiger partial charge < -0.3 is 10.6 Å². The lowest BCUT2D eigenvalue weighted by atomic mass is 9.89. The Bertz CT molecular complexity index is 266. The number of fused-ring (bicyclic) bond motifs is 2. The molecule has 0 aliphatic carbocycles. The van der Waals surface area contributed by atoms with Gasteiger partial charge in [0.05, 0.1) is 0 Å². The number of nitrogens with one attached hydrogen (secondary N) is 2. The van der Waals surface area contributed by atoms with Crippen molar-refractivity contribution in [3.63, 3.8) is 0 Å². The highest BCUT2D eigenvalue weighted by atomic mass is 35.5. The molecule has 2 rings (SSSR count). The number of piperidine rings is 1. The molecule has 106 valence electrons. The first-order chi connectivity index (χ1) is 8.17.